The summed E-state index contributed by atoms with van der Waals surface area (Å²) in [5.41, 5.74) is -0.753. The number of benzene rings is 1. The third kappa shape index (κ3) is 6.71. The number of rotatable bonds is 7. The van der Waals surface area contributed by atoms with Crippen LogP contribution in [0.4, 0.5) is 4.79 Å². The Morgan fingerprint density at radius 1 is 1.00 bits per heavy atom. The molecule has 0 saturated carbocycles. The van der Waals surface area contributed by atoms with Crippen LogP contribution in [0.1, 0.15) is 59.9 Å². The molecule has 188 valence electrons. The maximum atomic E-state index is 13.7. The molecule has 0 aliphatic carbocycles. The highest BCUT2D eigenvalue weighted by atomic mass is 16.6. The van der Waals surface area contributed by atoms with Gasteiger partial charge in [-0.3, -0.25) is 14.4 Å². The van der Waals surface area contributed by atoms with Crippen LogP contribution in [0.5, 0.6) is 0 Å². The van der Waals surface area contributed by atoms with Crippen LogP contribution in [0.3, 0.4) is 0 Å². The number of nitrogens with zero attached hydrogens (tertiary/aromatic N) is 1. The molecular formula is C25H37N3O6. The number of piperidine rings is 1. The lowest BCUT2D eigenvalue weighted by molar-refractivity contribution is -0.142. The maximum absolute atomic E-state index is 13.7. The number of nitrogens with one attached hydrogen (secondary N) is 2. The van der Waals surface area contributed by atoms with E-state index in [1.807, 2.05) is 30.3 Å². The van der Waals surface area contributed by atoms with Gasteiger partial charge in [0, 0.05) is 13.1 Å². The summed E-state index contributed by atoms with van der Waals surface area (Å²) in [4.78, 5) is 51.8. The topological polar surface area (TPSA) is 125 Å². The first-order chi connectivity index (χ1) is 15.8. The van der Waals surface area contributed by atoms with Crippen molar-refractivity contribution in [1.82, 2.24) is 15.5 Å². The van der Waals surface area contributed by atoms with Gasteiger partial charge in [0.15, 0.2) is 0 Å². The second-order valence-corrected chi connectivity index (χ2v) is 10.2. The smallest absolute Gasteiger partial charge is 0.410 e. The molecule has 0 radical (unpaired) electrons. The number of carboxylic acid groups (broad SMARTS) is 1. The lowest BCUT2D eigenvalue weighted by Gasteiger charge is -2.42. The third-order valence-corrected chi connectivity index (χ3v) is 5.99. The summed E-state index contributed by atoms with van der Waals surface area (Å²) in [5.74, 6) is -2.29. The monoisotopic (exact) mass is 475 g/mol. The van der Waals surface area contributed by atoms with E-state index < -0.39 is 41.1 Å². The molecular weight excluding hydrogens is 438 g/mol. The predicted molar refractivity (Wildman–Crippen MR) is 127 cm³/mol. The van der Waals surface area contributed by atoms with Gasteiger partial charge >= 0.3 is 12.1 Å². The predicted octanol–water partition coefficient (Wildman–Crippen LogP) is 2.69. The zero-order chi connectivity index (χ0) is 25.7. The van der Waals surface area contributed by atoms with E-state index in [-0.39, 0.29) is 11.8 Å². The third-order valence-electron chi connectivity index (χ3n) is 5.99. The van der Waals surface area contributed by atoms with Gasteiger partial charge in [-0.05, 0) is 52.0 Å². The van der Waals surface area contributed by atoms with Crippen LogP contribution < -0.4 is 10.6 Å². The summed E-state index contributed by atoms with van der Waals surface area (Å²) >= 11 is 0. The van der Waals surface area contributed by atoms with Crippen molar-refractivity contribution in [3.63, 3.8) is 0 Å². The second kappa shape index (κ2) is 10.9. The van der Waals surface area contributed by atoms with E-state index in [1.54, 1.807) is 39.5 Å². The minimum atomic E-state index is -1.16. The number of amides is 3. The number of carbonyl (C=O) groups excluding carboxylic acids is 3. The van der Waals surface area contributed by atoms with Gasteiger partial charge in [0.1, 0.15) is 17.7 Å². The van der Waals surface area contributed by atoms with Crippen LogP contribution in [0.15, 0.2) is 30.3 Å². The zero-order valence-corrected chi connectivity index (χ0v) is 20.9. The molecule has 1 aromatic rings. The first-order valence-corrected chi connectivity index (χ1v) is 11.6. The van der Waals surface area contributed by atoms with E-state index in [1.165, 1.54) is 6.92 Å². The molecule has 2 atom stereocenters. The number of carbonyl (C=O) groups is 4. The van der Waals surface area contributed by atoms with Crippen LogP contribution >= 0.6 is 0 Å². The molecule has 0 bridgehead atoms. The molecule has 1 aliphatic rings. The van der Waals surface area contributed by atoms with E-state index in [0.29, 0.717) is 25.9 Å². The normalized spacial score (nSPS) is 17.4. The lowest BCUT2D eigenvalue weighted by atomic mass is 9.71. The second-order valence-electron chi connectivity index (χ2n) is 10.2. The molecule has 1 aromatic carbocycles. The maximum Gasteiger partial charge on any atom is 0.410 e. The largest absolute Gasteiger partial charge is 0.480 e. The van der Waals surface area contributed by atoms with Crippen LogP contribution in [0.25, 0.3) is 0 Å². The van der Waals surface area contributed by atoms with Gasteiger partial charge in [-0.15, -0.1) is 0 Å². The number of hydrogen-bond acceptors (Lipinski definition) is 5. The van der Waals surface area contributed by atoms with Crippen molar-refractivity contribution < 1.29 is 29.0 Å². The number of ether oxygens (including phenoxy) is 1. The molecule has 1 heterocycles. The number of likely N-dealkylation sites (tertiary alicyclic amines) is 1. The molecule has 1 fully saturated rings. The van der Waals surface area contributed by atoms with Crippen molar-refractivity contribution in [3.8, 4) is 0 Å². The van der Waals surface area contributed by atoms with Crippen LogP contribution in [0, 0.1) is 5.92 Å². The van der Waals surface area contributed by atoms with Crippen molar-refractivity contribution in [2.45, 2.75) is 77.5 Å². The quantitative estimate of drug-likeness (QED) is 0.557. The summed E-state index contributed by atoms with van der Waals surface area (Å²) in [7, 11) is 0. The fourth-order valence-corrected chi connectivity index (χ4v) is 3.98. The van der Waals surface area contributed by atoms with Gasteiger partial charge < -0.3 is 25.4 Å². The van der Waals surface area contributed by atoms with E-state index in [0.717, 1.165) is 5.56 Å². The Kier molecular flexibility index (Phi) is 8.69. The highest BCUT2D eigenvalue weighted by Gasteiger charge is 2.45. The number of carboxylic acids is 1. The van der Waals surface area contributed by atoms with Gasteiger partial charge in [-0.2, -0.15) is 0 Å². The average Bonchev–Trinajstić information content (AvgIpc) is 2.76. The van der Waals surface area contributed by atoms with Crippen molar-refractivity contribution in [2.24, 2.45) is 5.92 Å². The molecule has 0 spiro atoms. The Labute approximate surface area is 201 Å². The average molecular weight is 476 g/mol. The van der Waals surface area contributed by atoms with Crippen LogP contribution in [0.2, 0.25) is 0 Å². The number of hydrogen-bond donors (Lipinski definition) is 3. The highest BCUT2D eigenvalue weighted by molar-refractivity contribution is 5.94. The van der Waals surface area contributed by atoms with Crippen molar-refractivity contribution >= 4 is 23.9 Å². The Balaban J connectivity index is 2.26. The van der Waals surface area contributed by atoms with Gasteiger partial charge in [-0.1, -0.05) is 44.2 Å². The summed E-state index contributed by atoms with van der Waals surface area (Å²) < 4.78 is 5.48. The molecule has 34 heavy (non-hydrogen) atoms. The Morgan fingerprint density at radius 3 is 2.03 bits per heavy atom. The fourth-order valence-electron chi connectivity index (χ4n) is 3.98. The van der Waals surface area contributed by atoms with Crippen molar-refractivity contribution in [1.29, 1.82) is 0 Å². The van der Waals surface area contributed by atoms with Gasteiger partial charge in [0.25, 0.3) is 0 Å². The van der Waals surface area contributed by atoms with E-state index >= 15 is 0 Å². The first kappa shape index (κ1) is 27.1. The SMILES string of the molecule is CC(C)[C@H](NC(=O)C1(c2ccccc2)CCN(C(=O)OC(C)(C)C)CC1)C(=O)N[C@@H](C)C(=O)O. The minimum Gasteiger partial charge on any atom is -0.480 e. The Hall–Kier alpha value is -3.10. The van der Waals surface area contributed by atoms with Crippen molar-refractivity contribution in [3.05, 3.63) is 35.9 Å². The molecule has 1 aliphatic heterocycles. The van der Waals surface area contributed by atoms with Gasteiger partial charge in [0.2, 0.25) is 11.8 Å². The molecule has 0 aromatic heterocycles. The Bertz CT molecular complexity index is 886. The van der Waals surface area contributed by atoms with Crippen LogP contribution in [-0.4, -0.2) is 64.7 Å². The molecule has 3 amide bonds. The zero-order valence-electron chi connectivity index (χ0n) is 20.9. The lowest BCUT2D eigenvalue weighted by Crippen LogP contribution is -2.59. The molecule has 1 saturated heterocycles. The van der Waals surface area contributed by atoms with E-state index in [9.17, 15) is 19.2 Å². The molecule has 2 rings (SSSR count). The standard InChI is InChI=1S/C25H37N3O6/c1-16(2)19(20(29)26-17(3)21(30)31)27-22(32)25(18-10-8-7-9-11-18)12-14-28(15-13-25)23(33)34-24(4,5)6/h7-11,16-17,19H,12-15H2,1-6H3,(H,26,29)(H,27,32)(H,30,31)/t17-,19-/m0/s1. The summed E-state index contributed by atoms with van der Waals surface area (Å²) in [6.45, 7) is 11.0. The molecule has 0 unspecified atom stereocenters. The highest BCUT2D eigenvalue weighted by Crippen LogP contribution is 2.36. The number of aliphatic carboxylic acids is 1. The summed E-state index contributed by atoms with van der Waals surface area (Å²) in [6, 6.07) is 7.34. The summed E-state index contributed by atoms with van der Waals surface area (Å²) in [6.07, 6.45) is 0.303. The van der Waals surface area contributed by atoms with Crippen molar-refractivity contribution in [2.75, 3.05) is 13.1 Å². The van der Waals surface area contributed by atoms with Gasteiger partial charge in [-0.25, -0.2) is 4.79 Å². The molecule has 9 nitrogen and oxygen atoms in total. The fraction of sp³-hybridized carbons (Fsp3) is 0.600. The first-order valence-electron chi connectivity index (χ1n) is 11.6. The molecule has 3 N–H and O–H groups in total. The van der Waals surface area contributed by atoms with E-state index in [2.05, 4.69) is 10.6 Å². The van der Waals surface area contributed by atoms with E-state index in [4.69, 9.17) is 9.84 Å². The summed E-state index contributed by atoms with van der Waals surface area (Å²) in [5, 5.41) is 14.4. The molecule has 9 heteroatoms. The Morgan fingerprint density at radius 2 is 1.56 bits per heavy atom. The minimum absolute atomic E-state index is 0.264. The van der Waals surface area contributed by atoms with Crippen LogP contribution in [-0.2, 0) is 24.5 Å². The van der Waals surface area contributed by atoms with Gasteiger partial charge in [0.05, 0.1) is 5.41 Å².